The Kier molecular flexibility index (Phi) is 5.46. The minimum Gasteiger partial charge on any atom is -0.491 e. The Morgan fingerprint density at radius 3 is 2.72 bits per heavy atom. The van der Waals surface area contributed by atoms with E-state index in [-0.39, 0.29) is 11.7 Å². The van der Waals surface area contributed by atoms with Gasteiger partial charge in [-0.15, -0.1) is 0 Å². The number of hydrogen-bond donors (Lipinski definition) is 1. The summed E-state index contributed by atoms with van der Waals surface area (Å²) < 4.78 is 21.8. The van der Waals surface area contributed by atoms with Crippen molar-refractivity contribution in [3.63, 3.8) is 0 Å². The first-order valence-electron chi connectivity index (χ1n) is 8.88. The number of carbonyl (C=O) groups is 1. The Balaban J connectivity index is 1.82. The zero-order chi connectivity index (χ0) is 20.4. The molecule has 0 bridgehead atoms. The fourth-order valence-corrected chi connectivity index (χ4v) is 3.95. The molecule has 1 aliphatic rings. The first-order chi connectivity index (χ1) is 14.0. The molecule has 4 rings (SSSR count). The van der Waals surface area contributed by atoms with Crippen LogP contribution in [0.2, 0.25) is 0 Å². The lowest BCUT2D eigenvalue weighted by Gasteiger charge is -2.06. The van der Waals surface area contributed by atoms with Crippen LogP contribution in [0.25, 0.3) is 23.0 Å². The molecule has 2 aromatic carbocycles. The van der Waals surface area contributed by atoms with Crippen LogP contribution in [0.5, 0.6) is 5.75 Å². The van der Waals surface area contributed by atoms with E-state index in [1.807, 2.05) is 30.3 Å². The van der Waals surface area contributed by atoms with Crippen LogP contribution in [0.3, 0.4) is 0 Å². The average Bonchev–Trinajstić information content (AvgIpc) is 3.27. The van der Waals surface area contributed by atoms with Crippen LogP contribution in [0, 0.1) is 5.82 Å². The molecule has 1 saturated heterocycles. The summed E-state index contributed by atoms with van der Waals surface area (Å²) >= 11 is 6.25. The molecule has 5 nitrogen and oxygen atoms in total. The number of thiocarbonyl (C=S) groups is 1. The Bertz CT molecular complexity index is 1130. The summed E-state index contributed by atoms with van der Waals surface area (Å²) in [6, 6.07) is 14.3. The smallest absolute Gasteiger partial charge is 0.263 e. The van der Waals surface area contributed by atoms with Crippen molar-refractivity contribution in [3.05, 3.63) is 71.0 Å². The standard InChI is InChI=1S/C21H16FN3O2S2/c1-2-27-17-9-8-13(10-16(17)22)19-14(11-18-20(26)23-21(28)29-18)12-25(24-19)15-6-4-3-5-7-15/h3-12H,2H2,1H3,(H,23,26,28). The van der Waals surface area contributed by atoms with Gasteiger partial charge in [-0.2, -0.15) is 5.10 Å². The molecule has 0 aliphatic carbocycles. The van der Waals surface area contributed by atoms with E-state index in [0.29, 0.717) is 32.7 Å². The van der Waals surface area contributed by atoms with E-state index in [9.17, 15) is 9.18 Å². The summed E-state index contributed by atoms with van der Waals surface area (Å²) in [6.45, 7) is 2.18. The molecular formula is C21H16FN3O2S2. The number of para-hydroxylation sites is 1. The van der Waals surface area contributed by atoms with E-state index in [2.05, 4.69) is 10.4 Å². The SMILES string of the molecule is CCOc1ccc(-c2nn(-c3ccccc3)cc2C=C2SC(=S)NC2=O)cc1F. The fraction of sp³-hybridized carbons (Fsp3) is 0.0952. The second kappa shape index (κ2) is 8.18. The van der Waals surface area contributed by atoms with Gasteiger partial charge in [-0.1, -0.05) is 42.2 Å². The second-order valence-electron chi connectivity index (χ2n) is 6.14. The maximum absolute atomic E-state index is 14.4. The van der Waals surface area contributed by atoms with Crippen LogP contribution in [0.4, 0.5) is 4.39 Å². The van der Waals surface area contributed by atoms with Gasteiger partial charge < -0.3 is 10.1 Å². The topological polar surface area (TPSA) is 56.1 Å². The van der Waals surface area contributed by atoms with Crippen molar-refractivity contribution in [1.82, 2.24) is 15.1 Å². The van der Waals surface area contributed by atoms with Gasteiger partial charge in [0.1, 0.15) is 10.0 Å². The molecule has 0 radical (unpaired) electrons. The van der Waals surface area contributed by atoms with Crippen molar-refractivity contribution in [2.45, 2.75) is 6.92 Å². The number of ether oxygens (including phenoxy) is 1. The third kappa shape index (κ3) is 4.08. The lowest BCUT2D eigenvalue weighted by Crippen LogP contribution is -2.17. The van der Waals surface area contributed by atoms with Crippen LogP contribution in [-0.2, 0) is 4.79 Å². The van der Waals surface area contributed by atoms with Gasteiger partial charge in [0.15, 0.2) is 11.6 Å². The normalized spacial score (nSPS) is 15.0. The highest BCUT2D eigenvalue weighted by Crippen LogP contribution is 2.32. The highest BCUT2D eigenvalue weighted by atomic mass is 32.2. The van der Waals surface area contributed by atoms with Crippen molar-refractivity contribution in [3.8, 4) is 22.7 Å². The maximum atomic E-state index is 14.4. The van der Waals surface area contributed by atoms with Gasteiger partial charge in [0.05, 0.1) is 17.2 Å². The van der Waals surface area contributed by atoms with Crippen LogP contribution >= 0.6 is 24.0 Å². The van der Waals surface area contributed by atoms with Crippen LogP contribution in [0.15, 0.2) is 59.6 Å². The van der Waals surface area contributed by atoms with Gasteiger partial charge in [0.2, 0.25) is 0 Å². The van der Waals surface area contributed by atoms with E-state index >= 15 is 0 Å². The molecule has 1 fully saturated rings. The van der Waals surface area contributed by atoms with Crippen molar-refractivity contribution < 1.29 is 13.9 Å². The number of rotatable bonds is 5. The molecule has 0 atom stereocenters. The number of amides is 1. The number of thioether (sulfide) groups is 1. The second-order valence-corrected chi connectivity index (χ2v) is 7.86. The largest absolute Gasteiger partial charge is 0.491 e. The molecule has 1 aromatic heterocycles. The third-order valence-electron chi connectivity index (χ3n) is 4.20. The number of aromatic nitrogens is 2. The molecule has 146 valence electrons. The molecule has 29 heavy (non-hydrogen) atoms. The van der Waals surface area contributed by atoms with E-state index in [4.69, 9.17) is 17.0 Å². The van der Waals surface area contributed by atoms with Crippen molar-refractivity contribution in [2.75, 3.05) is 6.61 Å². The molecule has 1 aliphatic heterocycles. The molecule has 0 saturated carbocycles. The lowest BCUT2D eigenvalue weighted by molar-refractivity contribution is -0.115. The fourth-order valence-electron chi connectivity index (χ4n) is 2.91. The molecule has 3 aromatic rings. The van der Waals surface area contributed by atoms with Gasteiger partial charge in [0.25, 0.3) is 5.91 Å². The van der Waals surface area contributed by atoms with Gasteiger partial charge in [0, 0.05) is 17.3 Å². The average molecular weight is 426 g/mol. The van der Waals surface area contributed by atoms with Crippen molar-refractivity contribution in [2.24, 2.45) is 0 Å². The van der Waals surface area contributed by atoms with Crippen LogP contribution in [0.1, 0.15) is 12.5 Å². The van der Waals surface area contributed by atoms with E-state index < -0.39 is 5.82 Å². The number of nitrogens with one attached hydrogen (secondary N) is 1. The predicted octanol–water partition coefficient (Wildman–Crippen LogP) is 4.57. The number of hydrogen-bond acceptors (Lipinski definition) is 5. The number of halogens is 1. The Morgan fingerprint density at radius 2 is 2.07 bits per heavy atom. The molecule has 1 N–H and O–H groups in total. The summed E-state index contributed by atoms with van der Waals surface area (Å²) in [7, 11) is 0. The summed E-state index contributed by atoms with van der Waals surface area (Å²) in [4.78, 5) is 12.6. The minimum absolute atomic E-state index is 0.190. The van der Waals surface area contributed by atoms with Crippen LogP contribution < -0.4 is 10.1 Å². The monoisotopic (exact) mass is 425 g/mol. The third-order valence-corrected chi connectivity index (χ3v) is 5.36. The quantitative estimate of drug-likeness (QED) is 0.480. The molecule has 0 spiro atoms. The Morgan fingerprint density at radius 1 is 1.28 bits per heavy atom. The molecule has 0 unspecified atom stereocenters. The van der Waals surface area contributed by atoms with E-state index in [0.717, 1.165) is 5.69 Å². The minimum atomic E-state index is -0.466. The van der Waals surface area contributed by atoms with E-state index in [1.165, 1.54) is 17.8 Å². The van der Waals surface area contributed by atoms with E-state index in [1.54, 1.807) is 36.0 Å². The molecule has 2 heterocycles. The van der Waals surface area contributed by atoms with Gasteiger partial charge in [-0.05, 0) is 43.3 Å². The Labute approximate surface area is 176 Å². The highest BCUT2D eigenvalue weighted by Gasteiger charge is 2.23. The lowest BCUT2D eigenvalue weighted by atomic mass is 10.1. The van der Waals surface area contributed by atoms with Gasteiger partial charge in [-0.3, -0.25) is 4.79 Å². The molecule has 1 amide bonds. The summed E-state index contributed by atoms with van der Waals surface area (Å²) in [6.07, 6.45) is 3.52. The predicted molar refractivity (Wildman–Crippen MR) is 116 cm³/mol. The van der Waals surface area contributed by atoms with Crippen molar-refractivity contribution in [1.29, 1.82) is 0 Å². The highest BCUT2D eigenvalue weighted by molar-refractivity contribution is 8.26. The summed E-state index contributed by atoms with van der Waals surface area (Å²) in [5.74, 6) is -0.530. The zero-order valence-corrected chi connectivity index (χ0v) is 17.0. The van der Waals surface area contributed by atoms with Crippen molar-refractivity contribution >= 4 is 40.3 Å². The molecule has 8 heteroatoms. The number of nitrogens with zero attached hydrogens (tertiary/aromatic N) is 2. The summed E-state index contributed by atoms with van der Waals surface area (Å²) in [5.41, 5.74) is 2.66. The number of benzene rings is 2. The maximum Gasteiger partial charge on any atom is 0.263 e. The van der Waals surface area contributed by atoms with Crippen LogP contribution in [-0.4, -0.2) is 26.6 Å². The van der Waals surface area contributed by atoms with Gasteiger partial charge in [-0.25, -0.2) is 9.07 Å². The van der Waals surface area contributed by atoms with Gasteiger partial charge >= 0.3 is 0 Å². The summed E-state index contributed by atoms with van der Waals surface area (Å²) in [5, 5.41) is 7.24. The molecular weight excluding hydrogens is 409 g/mol. The first-order valence-corrected chi connectivity index (χ1v) is 10.1. The zero-order valence-electron chi connectivity index (χ0n) is 15.4. The Hall–Kier alpha value is -2.97. The first kappa shape index (κ1) is 19.4. The number of carbonyl (C=O) groups excluding carboxylic acids is 1.